The number of nitrogens with one attached hydrogen (secondary N) is 1. The summed E-state index contributed by atoms with van der Waals surface area (Å²) in [5, 5.41) is 2.88. The van der Waals surface area contributed by atoms with E-state index < -0.39 is 0 Å². The summed E-state index contributed by atoms with van der Waals surface area (Å²) in [7, 11) is 0. The van der Waals surface area contributed by atoms with Gasteiger partial charge in [0.1, 0.15) is 11.8 Å². The fraction of sp³-hybridized carbons (Fsp3) is 0.538. The first kappa shape index (κ1) is 15.2. The van der Waals surface area contributed by atoms with Crippen LogP contribution < -0.4 is 16.8 Å². The van der Waals surface area contributed by atoms with Crippen LogP contribution in [0.3, 0.4) is 0 Å². The van der Waals surface area contributed by atoms with Gasteiger partial charge < -0.3 is 21.4 Å². The number of nitrogens with zero attached hydrogens (tertiary/aromatic N) is 4. The molecule has 0 radical (unpaired) electrons. The Hall–Kier alpha value is -2.22. The Kier molecular flexibility index (Phi) is 5.44. The predicted octanol–water partition coefficient (Wildman–Crippen LogP) is 0.0438. The van der Waals surface area contributed by atoms with Gasteiger partial charge in [-0.1, -0.05) is 6.42 Å². The molecule has 21 heavy (non-hydrogen) atoms. The molecular weight excluding hydrogens is 270 g/mol. The van der Waals surface area contributed by atoms with Gasteiger partial charge in [-0.05, 0) is 19.4 Å². The van der Waals surface area contributed by atoms with Crippen LogP contribution in [-0.2, 0) is 11.3 Å². The molecule has 0 fully saturated rings. The molecule has 2 aromatic heterocycles. The highest BCUT2D eigenvalue weighted by Crippen LogP contribution is 2.13. The summed E-state index contributed by atoms with van der Waals surface area (Å²) in [6.07, 6.45) is 6.44. The van der Waals surface area contributed by atoms with E-state index >= 15 is 0 Å². The molecular formula is C13H21N7O. The van der Waals surface area contributed by atoms with Gasteiger partial charge in [-0.3, -0.25) is 4.79 Å². The number of carbonyl (C=O) groups is 1. The van der Waals surface area contributed by atoms with E-state index in [1.54, 1.807) is 6.33 Å². The normalized spacial score (nSPS) is 10.9. The van der Waals surface area contributed by atoms with Crippen molar-refractivity contribution in [3.63, 3.8) is 0 Å². The average molecular weight is 291 g/mol. The highest BCUT2D eigenvalue weighted by atomic mass is 16.1. The number of fused-ring (bicyclic) bond motifs is 1. The van der Waals surface area contributed by atoms with E-state index in [0.29, 0.717) is 43.0 Å². The van der Waals surface area contributed by atoms with Crippen LogP contribution in [0.2, 0.25) is 0 Å². The molecule has 0 spiro atoms. The van der Waals surface area contributed by atoms with E-state index in [9.17, 15) is 4.79 Å². The number of unbranched alkanes of at least 4 members (excludes halogenated alkanes) is 2. The molecule has 2 heterocycles. The van der Waals surface area contributed by atoms with Gasteiger partial charge in [0.25, 0.3) is 0 Å². The molecule has 0 unspecified atom stereocenters. The van der Waals surface area contributed by atoms with Gasteiger partial charge in [0.2, 0.25) is 5.91 Å². The molecule has 0 saturated carbocycles. The highest BCUT2D eigenvalue weighted by Gasteiger charge is 2.07. The molecule has 2 aromatic rings. The van der Waals surface area contributed by atoms with Crippen LogP contribution in [0.25, 0.3) is 11.2 Å². The Bertz CT molecular complexity index is 595. The second-order valence-electron chi connectivity index (χ2n) is 4.82. The van der Waals surface area contributed by atoms with E-state index in [4.69, 9.17) is 11.5 Å². The Morgan fingerprint density at radius 2 is 2.10 bits per heavy atom. The van der Waals surface area contributed by atoms with Gasteiger partial charge >= 0.3 is 0 Å². The van der Waals surface area contributed by atoms with Crippen molar-refractivity contribution in [1.29, 1.82) is 0 Å². The van der Waals surface area contributed by atoms with Crippen molar-refractivity contribution in [2.45, 2.75) is 32.2 Å². The van der Waals surface area contributed by atoms with E-state index in [1.807, 2.05) is 4.57 Å². The highest BCUT2D eigenvalue weighted by molar-refractivity contribution is 5.81. The summed E-state index contributed by atoms with van der Waals surface area (Å²) in [5.74, 6) is 0.424. The Morgan fingerprint density at radius 3 is 2.90 bits per heavy atom. The third-order valence-electron chi connectivity index (χ3n) is 3.21. The first-order chi connectivity index (χ1) is 10.2. The van der Waals surface area contributed by atoms with Gasteiger partial charge in [-0.2, -0.15) is 0 Å². The second kappa shape index (κ2) is 7.53. The van der Waals surface area contributed by atoms with Crippen LogP contribution in [0.5, 0.6) is 0 Å². The molecule has 1 amide bonds. The standard InChI is InChI=1S/C13H21N7O/c14-5-3-1-2-4-10(21)16-6-7-20-9-19-11-12(15)17-8-18-13(11)20/h8-9H,1-7,14H2,(H,16,21)(H2,15,17,18). The molecule has 114 valence electrons. The summed E-state index contributed by atoms with van der Waals surface area (Å²) < 4.78 is 1.85. The van der Waals surface area contributed by atoms with Crippen LogP contribution in [0.1, 0.15) is 25.7 Å². The number of imidazole rings is 1. The van der Waals surface area contributed by atoms with E-state index in [0.717, 1.165) is 19.3 Å². The second-order valence-corrected chi connectivity index (χ2v) is 4.82. The van der Waals surface area contributed by atoms with Crippen molar-refractivity contribution in [3.05, 3.63) is 12.7 Å². The largest absolute Gasteiger partial charge is 0.382 e. The number of aromatic nitrogens is 4. The summed E-state index contributed by atoms with van der Waals surface area (Å²) in [4.78, 5) is 23.9. The summed E-state index contributed by atoms with van der Waals surface area (Å²) in [5.41, 5.74) is 12.4. The molecule has 2 rings (SSSR count). The zero-order valence-corrected chi connectivity index (χ0v) is 12.0. The number of anilines is 1. The van der Waals surface area contributed by atoms with E-state index in [2.05, 4.69) is 20.3 Å². The molecule has 0 atom stereocenters. The van der Waals surface area contributed by atoms with Gasteiger partial charge in [0.05, 0.1) is 6.33 Å². The minimum Gasteiger partial charge on any atom is -0.382 e. The third kappa shape index (κ3) is 4.12. The van der Waals surface area contributed by atoms with Crippen LogP contribution in [-0.4, -0.2) is 38.5 Å². The lowest BCUT2D eigenvalue weighted by atomic mass is 10.2. The Labute approximate surface area is 123 Å². The molecule has 0 bridgehead atoms. The van der Waals surface area contributed by atoms with Crippen molar-refractivity contribution >= 4 is 22.9 Å². The van der Waals surface area contributed by atoms with E-state index in [1.165, 1.54) is 6.33 Å². The molecule has 0 aromatic carbocycles. The molecule has 0 aliphatic rings. The first-order valence-corrected chi connectivity index (χ1v) is 7.10. The average Bonchev–Trinajstić information content (AvgIpc) is 2.89. The topological polar surface area (TPSA) is 125 Å². The first-order valence-electron chi connectivity index (χ1n) is 7.10. The lowest BCUT2D eigenvalue weighted by Gasteiger charge is -2.06. The number of hydrogen-bond acceptors (Lipinski definition) is 6. The summed E-state index contributed by atoms with van der Waals surface area (Å²) in [6, 6.07) is 0. The quantitative estimate of drug-likeness (QED) is 0.590. The van der Waals surface area contributed by atoms with Gasteiger partial charge in [0, 0.05) is 19.5 Å². The van der Waals surface area contributed by atoms with Crippen LogP contribution >= 0.6 is 0 Å². The number of hydrogen-bond donors (Lipinski definition) is 3. The van der Waals surface area contributed by atoms with Crippen molar-refractivity contribution in [2.75, 3.05) is 18.8 Å². The molecule has 0 aliphatic carbocycles. The maximum atomic E-state index is 11.6. The number of rotatable bonds is 8. The molecule has 5 N–H and O–H groups in total. The van der Waals surface area contributed by atoms with Gasteiger partial charge in [0.15, 0.2) is 11.5 Å². The zero-order chi connectivity index (χ0) is 15.1. The van der Waals surface area contributed by atoms with Crippen LogP contribution in [0.15, 0.2) is 12.7 Å². The zero-order valence-electron chi connectivity index (χ0n) is 12.0. The molecule has 8 nitrogen and oxygen atoms in total. The monoisotopic (exact) mass is 291 g/mol. The number of nitrogen functional groups attached to an aromatic ring is 1. The minimum atomic E-state index is 0.0607. The van der Waals surface area contributed by atoms with E-state index in [-0.39, 0.29) is 5.91 Å². The smallest absolute Gasteiger partial charge is 0.220 e. The number of carbonyl (C=O) groups excluding carboxylic acids is 1. The predicted molar refractivity (Wildman–Crippen MR) is 80.3 cm³/mol. The van der Waals surface area contributed by atoms with Crippen molar-refractivity contribution in [3.8, 4) is 0 Å². The maximum absolute atomic E-state index is 11.6. The lowest BCUT2D eigenvalue weighted by molar-refractivity contribution is -0.121. The SMILES string of the molecule is NCCCCCC(=O)NCCn1cnc2c(N)ncnc21. The number of amides is 1. The number of nitrogens with two attached hydrogens (primary N) is 2. The molecule has 8 heteroatoms. The van der Waals surface area contributed by atoms with Crippen molar-refractivity contribution < 1.29 is 4.79 Å². The third-order valence-corrected chi connectivity index (χ3v) is 3.21. The minimum absolute atomic E-state index is 0.0607. The fourth-order valence-electron chi connectivity index (χ4n) is 2.07. The van der Waals surface area contributed by atoms with Crippen molar-refractivity contribution in [1.82, 2.24) is 24.8 Å². The van der Waals surface area contributed by atoms with Gasteiger partial charge in [-0.25, -0.2) is 15.0 Å². The fourth-order valence-corrected chi connectivity index (χ4v) is 2.07. The maximum Gasteiger partial charge on any atom is 0.220 e. The molecule has 0 saturated heterocycles. The Morgan fingerprint density at radius 1 is 1.24 bits per heavy atom. The van der Waals surface area contributed by atoms with Crippen molar-refractivity contribution in [2.24, 2.45) is 5.73 Å². The van der Waals surface area contributed by atoms with Gasteiger partial charge in [-0.15, -0.1) is 0 Å². The van der Waals surface area contributed by atoms with Crippen LogP contribution in [0.4, 0.5) is 5.82 Å². The summed E-state index contributed by atoms with van der Waals surface area (Å²) in [6.45, 7) is 1.81. The van der Waals surface area contributed by atoms with Crippen LogP contribution in [0, 0.1) is 0 Å². The molecule has 0 aliphatic heterocycles. The summed E-state index contributed by atoms with van der Waals surface area (Å²) >= 11 is 0. The lowest BCUT2D eigenvalue weighted by Crippen LogP contribution is -2.26. The Balaban J connectivity index is 1.77.